The van der Waals surface area contributed by atoms with Gasteiger partial charge in [-0.1, -0.05) is 25.0 Å². The summed E-state index contributed by atoms with van der Waals surface area (Å²) in [5.74, 6) is 0.941. The van der Waals surface area contributed by atoms with Gasteiger partial charge in [0.2, 0.25) is 0 Å². The Morgan fingerprint density at radius 2 is 2.13 bits per heavy atom. The van der Waals surface area contributed by atoms with Crippen LogP contribution in [0.4, 0.5) is 4.79 Å². The molecule has 1 fully saturated rings. The Morgan fingerprint density at radius 1 is 1.35 bits per heavy atom. The number of rotatable bonds is 4. The first kappa shape index (κ1) is 15.8. The van der Waals surface area contributed by atoms with Crippen LogP contribution >= 0.6 is 0 Å². The van der Waals surface area contributed by atoms with Gasteiger partial charge in [0.05, 0.1) is 23.2 Å². The second kappa shape index (κ2) is 7.00. The number of urea groups is 1. The summed E-state index contributed by atoms with van der Waals surface area (Å²) in [5.41, 5.74) is 2.05. The van der Waals surface area contributed by atoms with Crippen molar-refractivity contribution in [2.24, 2.45) is 0 Å². The Bertz CT molecular complexity index is 682. The molecule has 1 aromatic carbocycles. The maximum atomic E-state index is 12.0. The topological polar surface area (TPSA) is 79.2 Å². The number of aryl methyl sites for hydroxylation is 1. The second-order valence-electron chi connectivity index (χ2n) is 6.16. The van der Waals surface area contributed by atoms with Crippen LogP contribution in [0.25, 0.3) is 11.0 Å². The van der Waals surface area contributed by atoms with Gasteiger partial charge in [-0.2, -0.15) is 0 Å². The zero-order chi connectivity index (χ0) is 16.2. The first-order valence-corrected chi connectivity index (χ1v) is 8.29. The zero-order valence-electron chi connectivity index (χ0n) is 13.5. The predicted octanol–water partition coefficient (Wildman–Crippen LogP) is 1.95. The minimum absolute atomic E-state index is 0.125. The van der Waals surface area contributed by atoms with E-state index in [9.17, 15) is 9.90 Å². The summed E-state index contributed by atoms with van der Waals surface area (Å²) in [4.78, 5) is 16.5. The standard InChI is InChI=1S/C17H24N4O2/c1-12-19-13-6-2-4-8-15(13)21(12)11-10-18-17(23)20-14-7-3-5-9-16(14)22/h2,4,6,8,14,16,22H,3,5,7,9-11H2,1H3,(H2,18,20,23). The highest BCUT2D eigenvalue weighted by Gasteiger charge is 2.24. The second-order valence-corrected chi connectivity index (χ2v) is 6.16. The van der Waals surface area contributed by atoms with Crippen molar-refractivity contribution < 1.29 is 9.90 Å². The molecule has 2 aromatic rings. The van der Waals surface area contributed by atoms with Crippen LogP contribution in [0.15, 0.2) is 24.3 Å². The molecule has 6 heteroatoms. The molecule has 23 heavy (non-hydrogen) atoms. The lowest BCUT2D eigenvalue weighted by Crippen LogP contribution is -2.49. The number of aromatic nitrogens is 2. The van der Waals surface area contributed by atoms with Crippen LogP contribution in [0.2, 0.25) is 0 Å². The van der Waals surface area contributed by atoms with Gasteiger partial charge in [0.15, 0.2) is 0 Å². The van der Waals surface area contributed by atoms with Gasteiger partial charge in [-0.15, -0.1) is 0 Å². The molecular weight excluding hydrogens is 292 g/mol. The lowest BCUT2D eigenvalue weighted by molar-refractivity contribution is 0.0943. The van der Waals surface area contributed by atoms with E-state index >= 15 is 0 Å². The molecule has 1 heterocycles. The van der Waals surface area contributed by atoms with Crippen LogP contribution in [0.5, 0.6) is 0 Å². The van der Waals surface area contributed by atoms with Crippen molar-refractivity contribution in [3.8, 4) is 0 Å². The van der Waals surface area contributed by atoms with Crippen LogP contribution in [0.3, 0.4) is 0 Å². The molecule has 0 bridgehead atoms. The third kappa shape index (κ3) is 3.64. The molecule has 1 aliphatic carbocycles. The van der Waals surface area contributed by atoms with Gasteiger partial charge >= 0.3 is 6.03 Å². The summed E-state index contributed by atoms with van der Waals surface area (Å²) in [6, 6.07) is 7.65. The van der Waals surface area contributed by atoms with E-state index in [2.05, 4.69) is 20.2 Å². The van der Waals surface area contributed by atoms with Crippen molar-refractivity contribution in [2.45, 2.75) is 51.3 Å². The summed E-state index contributed by atoms with van der Waals surface area (Å²) in [6.45, 7) is 3.17. The maximum absolute atomic E-state index is 12.0. The smallest absolute Gasteiger partial charge is 0.315 e. The average Bonchev–Trinajstić information content (AvgIpc) is 2.86. The van der Waals surface area contributed by atoms with Crippen LogP contribution in [-0.4, -0.2) is 39.4 Å². The number of hydrogen-bond acceptors (Lipinski definition) is 3. The summed E-state index contributed by atoms with van der Waals surface area (Å²) >= 11 is 0. The first-order chi connectivity index (χ1) is 11.1. The third-order valence-corrected chi connectivity index (χ3v) is 4.51. The number of nitrogens with one attached hydrogen (secondary N) is 2. The number of nitrogens with zero attached hydrogens (tertiary/aromatic N) is 2. The van der Waals surface area contributed by atoms with Crippen molar-refractivity contribution in [1.29, 1.82) is 0 Å². The molecule has 1 aliphatic rings. The molecule has 0 saturated heterocycles. The van der Waals surface area contributed by atoms with Crippen LogP contribution in [0, 0.1) is 6.92 Å². The third-order valence-electron chi connectivity index (χ3n) is 4.51. The lowest BCUT2D eigenvalue weighted by atomic mass is 9.93. The highest BCUT2D eigenvalue weighted by Crippen LogP contribution is 2.18. The van der Waals surface area contributed by atoms with Gasteiger partial charge in [0, 0.05) is 13.1 Å². The minimum Gasteiger partial charge on any atom is -0.391 e. The maximum Gasteiger partial charge on any atom is 0.315 e. The normalized spacial score (nSPS) is 21.3. The van der Waals surface area contributed by atoms with Crippen LogP contribution in [-0.2, 0) is 6.54 Å². The Labute approximate surface area is 135 Å². The van der Waals surface area contributed by atoms with Gasteiger partial charge in [-0.3, -0.25) is 0 Å². The van der Waals surface area contributed by atoms with Crippen molar-refractivity contribution in [3.05, 3.63) is 30.1 Å². The van der Waals surface area contributed by atoms with E-state index in [0.29, 0.717) is 13.1 Å². The van der Waals surface area contributed by atoms with E-state index in [4.69, 9.17) is 0 Å². The molecule has 0 aliphatic heterocycles. The van der Waals surface area contributed by atoms with E-state index in [0.717, 1.165) is 42.5 Å². The number of fused-ring (bicyclic) bond motifs is 1. The summed E-state index contributed by atoms with van der Waals surface area (Å²) in [5, 5.41) is 15.6. The Kier molecular flexibility index (Phi) is 4.81. The van der Waals surface area contributed by atoms with Crippen molar-refractivity contribution >= 4 is 17.1 Å². The molecule has 2 amide bonds. The largest absolute Gasteiger partial charge is 0.391 e. The molecular formula is C17H24N4O2. The van der Waals surface area contributed by atoms with E-state index in [-0.39, 0.29) is 12.1 Å². The molecule has 3 rings (SSSR count). The molecule has 124 valence electrons. The number of benzene rings is 1. The number of hydrogen-bond donors (Lipinski definition) is 3. The summed E-state index contributed by atoms with van der Waals surface area (Å²) in [7, 11) is 0. The number of amides is 2. The number of imidazole rings is 1. The SMILES string of the molecule is Cc1nc2ccccc2n1CCNC(=O)NC1CCCCC1O. The summed E-state index contributed by atoms with van der Waals surface area (Å²) < 4.78 is 2.10. The number of aliphatic hydroxyl groups is 1. The number of carbonyl (C=O) groups is 1. The molecule has 3 N–H and O–H groups in total. The molecule has 2 unspecified atom stereocenters. The average molecular weight is 316 g/mol. The lowest BCUT2D eigenvalue weighted by Gasteiger charge is -2.28. The van der Waals surface area contributed by atoms with Crippen molar-refractivity contribution in [1.82, 2.24) is 20.2 Å². The van der Waals surface area contributed by atoms with Gasteiger partial charge in [-0.25, -0.2) is 9.78 Å². The fourth-order valence-electron chi connectivity index (χ4n) is 3.26. The molecule has 6 nitrogen and oxygen atoms in total. The van der Waals surface area contributed by atoms with E-state index in [1.165, 1.54) is 0 Å². The molecule has 0 spiro atoms. The number of aliphatic hydroxyl groups excluding tert-OH is 1. The quantitative estimate of drug-likeness (QED) is 0.806. The Balaban J connectivity index is 1.52. The Morgan fingerprint density at radius 3 is 2.96 bits per heavy atom. The number of para-hydroxylation sites is 2. The molecule has 1 aromatic heterocycles. The summed E-state index contributed by atoms with van der Waals surface area (Å²) in [6.07, 6.45) is 3.29. The van der Waals surface area contributed by atoms with E-state index in [1.807, 2.05) is 31.2 Å². The predicted molar refractivity (Wildman–Crippen MR) is 89.3 cm³/mol. The van der Waals surface area contributed by atoms with Gasteiger partial charge in [0.1, 0.15) is 5.82 Å². The monoisotopic (exact) mass is 316 g/mol. The number of carbonyl (C=O) groups excluding carboxylic acids is 1. The molecule has 0 radical (unpaired) electrons. The highest BCUT2D eigenvalue weighted by molar-refractivity contribution is 5.76. The van der Waals surface area contributed by atoms with Gasteiger partial charge in [0.25, 0.3) is 0 Å². The van der Waals surface area contributed by atoms with Crippen LogP contribution in [0.1, 0.15) is 31.5 Å². The fourth-order valence-corrected chi connectivity index (χ4v) is 3.26. The van der Waals surface area contributed by atoms with Crippen LogP contribution < -0.4 is 10.6 Å². The first-order valence-electron chi connectivity index (χ1n) is 8.29. The highest BCUT2D eigenvalue weighted by atomic mass is 16.3. The fraction of sp³-hybridized carbons (Fsp3) is 0.529. The Hall–Kier alpha value is -2.08. The van der Waals surface area contributed by atoms with Crippen molar-refractivity contribution in [2.75, 3.05) is 6.54 Å². The zero-order valence-corrected chi connectivity index (χ0v) is 13.5. The minimum atomic E-state index is -0.422. The van der Waals surface area contributed by atoms with Gasteiger partial charge in [-0.05, 0) is 31.9 Å². The van der Waals surface area contributed by atoms with E-state index in [1.54, 1.807) is 0 Å². The van der Waals surface area contributed by atoms with Crippen molar-refractivity contribution in [3.63, 3.8) is 0 Å². The molecule has 1 saturated carbocycles. The van der Waals surface area contributed by atoms with Gasteiger partial charge < -0.3 is 20.3 Å². The molecule has 2 atom stereocenters. The van der Waals surface area contributed by atoms with E-state index < -0.39 is 6.10 Å².